The number of aromatic nitrogens is 1. The van der Waals surface area contributed by atoms with Crippen molar-refractivity contribution in [3.05, 3.63) is 17.7 Å². The number of halogens is 3. The molecule has 2 atom stereocenters. The van der Waals surface area contributed by atoms with E-state index < -0.39 is 11.7 Å². The van der Waals surface area contributed by atoms with Gasteiger partial charge >= 0.3 is 6.18 Å². The molecule has 2 rings (SSSR count). The van der Waals surface area contributed by atoms with E-state index in [1.165, 1.54) is 0 Å². The maximum Gasteiger partial charge on any atom is 0.416 e. The summed E-state index contributed by atoms with van der Waals surface area (Å²) in [5.74, 6) is 0.208. The molecule has 2 unspecified atom stereocenters. The lowest BCUT2D eigenvalue weighted by Crippen LogP contribution is -2.25. The molecule has 0 amide bonds. The summed E-state index contributed by atoms with van der Waals surface area (Å²) in [5, 5.41) is 12.4. The van der Waals surface area contributed by atoms with Gasteiger partial charge in [0, 0.05) is 6.54 Å². The Kier molecular flexibility index (Phi) is 4.37. The van der Waals surface area contributed by atoms with Gasteiger partial charge < -0.3 is 16.2 Å². The third-order valence-corrected chi connectivity index (χ3v) is 3.50. The molecule has 1 saturated carbocycles. The first kappa shape index (κ1) is 14.9. The van der Waals surface area contributed by atoms with Crippen molar-refractivity contribution in [3.63, 3.8) is 0 Å². The second-order valence-corrected chi connectivity index (χ2v) is 5.23. The Morgan fingerprint density at radius 3 is 2.75 bits per heavy atom. The lowest BCUT2D eigenvalue weighted by molar-refractivity contribution is -0.137. The Morgan fingerprint density at radius 2 is 2.10 bits per heavy atom. The highest BCUT2D eigenvalue weighted by Crippen LogP contribution is 2.31. The Bertz CT molecular complexity index is 465. The molecule has 0 radical (unpaired) electrons. The van der Waals surface area contributed by atoms with Crippen LogP contribution in [0, 0.1) is 5.92 Å². The summed E-state index contributed by atoms with van der Waals surface area (Å²) in [6.45, 7) is 0.491. The second kappa shape index (κ2) is 5.87. The minimum absolute atomic E-state index is 0.123. The Balaban J connectivity index is 2.00. The summed E-state index contributed by atoms with van der Waals surface area (Å²) < 4.78 is 37.9. The Hall–Kier alpha value is -1.50. The summed E-state index contributed by atoms with van der Waals surface area (Å²) in [6, 6.07) is 1.77. The number of aliphatic hydroxyl groups is 1. The average molecular weight is 289 g/mol. The number of nitrogens with one attached hydrogen (secondary N) is 1. The molecule has 4 N–H and O–H groups in total. The van der Waals surface area contributed by atoms with Gasteiger partial charge in [-0.25, -0.2) is 4.98 Å². The molecule has 1 aromatic rings. The highest BCUT2D eigenvalue weighted by atomic mass is 19.4. The first-order valence-corrected chi connectivity index (χ1v) is 6.61. The van der Waals surface area contributed by atoms with Gasteiger partial charge in [0.15, 0.2) is 0 Å². The zero-order valence-corrected chi connectivity index (χ0v) is 11.0. The maximum atomic E-state index is 12.6. The topological polar surface area (TPSA) is 71.2 Å². The van der Waals surface area contributed by atoms with E-state index in [1.54, 1.807) is 0 Å². The number of nitrogens with two attached hydrogens (primary N) is 1. The van der Waals surface area contributed by atoms with Crippen molar-refractivity contribution in [3.8, 4) is 0 Å². The molecule has 112 valence electrons. The lowest BCUT2D eigenvalue weighted by atomic mass is 9.87. The summed E-state index contributed by atoms with van der Waals surface area (Å²) in [6.07, 6.45) is -1.39. The number of hydrogen-bond acceptors (Lipinski definition) is 4. The largest absolute Gasteiger partial charge is 0.416 e. The quantitative estimate of drug-likeness (QED) is 0.800. The van der Waals surface area contributed by atoms with E-state index in [0.717, 1.165) is 31.4 Å². The van der Waals surface area contributed by atoms with Gasteiger partial charge in [-0.3, -0.25) is 0 Å². The van der Waals surface area contributed by atoms with Crippen LogP contribution in [0.15, 0.2) is 12.1 Å². The standard InChI is InChI=1S/C13H18F3N3O/c14-13(15,16)9-5-11(17)19-12(6-9)18-7-8-2-1-3-10(20)4-8/h5-6,8,10,20H,1-4,7H2,(H3,17,18,19). The number of pyridine rings is 1. The van der Waals surface area contributed by atoms with Gasteiger partial charge in [0.2, 0.25) is 0 Å². The predicted molar refractivity (Wildman–Crippen MR) is 70.1 cm³/mol. The Labute approximate surface area is 115 Å². The van der Waals surface area contributed by atoms with E-state index >= 15 is 0 Å². The second-order valence-electron chi connectivity index (χ2n) is 5.23. The third-order valence-electron chi connectivity index (χ3n) is 3.50. The molecule has 0 aliphatic heterocycles. The minimum Gasteiger partial charge on any atom is -0.393 e. The van der Waals surface area contributed by atoms with Crippen molar-refractivity contribution in [2.75, 3.05) is 17.6 Å². The number of anilines is 2. The van der Waals surface area contributed by atoms with Gasteiger partial charge in [0.25, 0.3) is 0 Å². The van der Waals surface area contributed by atoms with E-state index in [2.05, 4.69) is 10.3 Å². The summed E-state index contributed by atoms with van der Waals surface area (Å²) in [7, 11) is 0. The first-order valence-electron chi connectivity index (χ1n) is 6.61. The van der Waals surface area contributed by atoms with Crippen molar-refractivity contribution in [1.29, 1.82) is 0 Å². The van der Waals surface area contributed by atoms with Crippen LogP contribution < -0.4 is 11.1 Å². The number of nitrogen functional groups attached to an aromatic ring is 1. The Morgan fingerprint density at radius 1 is 1.35 bits per heavy atom. The van der Waals surface area contributed by atoms with Gasteiger partial charge in [0.05, 0.1) is 11.7 Å². The smallest absolute Gasteiger partial charge is 0.393 e. The van der Waals surface area contributed by atoms with E-state index in [1.807, 2.05) is 0 Å². The number of hydrogen-bond donors (Lipinski definition) is 3. The summed E-state index contributed by atoms with van der Waals surface area (Å²) in [4.78, 5) is 3.85. The molecule has 20 heavy (non-hydrogen) atoms. The van der Waals surface area contributed by atoms with Gasteiger partial charge in [-0.15, -0.1) is 0 Å². The fourth-order valence-electron chi connectivity index (χ4n) is 2.50. The molecule has 1 aliphatic rings. The highest BCUT2D eigenvalue weighted by Gasteiger charge is 2.31. The SMILES string of the molecule is Nc1cc(C(F)(F)F)cc(NCC2CCCC(O)C2)n1. The molecule has 1 fully saturated rings. The molecule has 1 aliphatic carbocycles. The molecular formula is C13H18F3N3O. The van der Waals surface area contributed by atoms with Crippen LogP contribution in [0.5, 0.6) is 0 Å². The van der Waals surface area contributed by atoms with Gasteiger partial charge in [-0.05, 0) is 37.3 Å². The van der Waals surface area contributed by atoms with Crippen molar-refractivity contribution in [2.45, 2.75) is 38.0 Å². The fraction of sp³-hybridized carbons (Fsp3) is 0.615. The van der Waals surface area contributed by atoms with Gasteiger partial charge in [0.1, 0.15) is 11.6 Å². The maximum absolute atomic E-state index is 12.6. The van der Waals surface area contributed by atoms with Crippen molar-refractivity contribution in [2.24, 2.45) is 5.92 Å². The van der Waals surface area contributed by atoms with E-state index in [0.29, 0.717) is 13.0 Å². The van der Waals surface area contributed by atoms with E-state index in [9.17, 15) is 18.3 Å². The van der Waals surface area contributed by atoms with Crippen LogP contribution in [0.4, 0.5) is 24.8 Å². The molecule has 0 bridgehead atoms. The van der Waals surface area contributed by atoms with Crippen molar-refractivity contribution in [1.82, 2.24) is 4.98 Å². The van der Waals surface area contributed by atoms with Crippen LogP contribution in [-0.4, -0.2) is 22.7 Å². The predicted octanol–water partition coefficient (Wildman–Crippen LogP) is 2.65. The monoisotopic (exact) mass is 289 g/mol. The molecule has 0 spiro atoms. The first-order chi connectivity index (χ1) is 9.34. The molecule has 7 heteroatoms. The van der Waals surface area contributed by atoms with Crippen LogP contribution in [0.3, 0.4) is 0 Å². The van der Waals surface area contributed by atoms with Crippen LogP contribution in [-0.2, 0) is 6.18 Å². The zero-order valence-electron chi connectivity index (χ0n) is 11.0. The number of rotatable bonds is 3. The average Bonchev–Trinajstić information content (AvgIpc) is 2.35. The normalized spacial score (nSPS) is 23.6. The summed E-state index contributed by atoms with van der Waals surface area (Å²) >= 11 is 0. The number of alkyl halides is 3. The third kappa shape index (κ3) is 4.00. The lowest BCUT2D eigenvalue weighted by Gasteiger charge is -2.26. The molecule has 1 aromatic heterocycles. The minimum atomic E-state index is -4.44. The molecular weight excluding hydrogens is 271 g/mol. The van der Waals surface area contributed by atoms with Gasteiger partial charge in [-0.2, -0.15) is 13.2 Å². The van der Waals surface area contributed by atoms with Crippen LogP contribution >= 0.6 is 0 Å². The van der Waals surface area contributed by atoms with E-state index in [-0.39, 0.29) is 23.7 Å². The van der Waals surface area contributed by atoms with Crippen molar-refractivity contribution < 1.29 is 18.3 Å². The van der Waals surface area contributed by atoms with Crippen LogP contribution in [0.1, 0.15) is 31.2 Å². The molecule has 0 aromatic carbocycles. The van der Waals surface area contributed by atoms with Crippen molar-refractivity contribution >= 4 is 11.6 Å². The fourth-order valence-corrected chi connectivity index (χ4v) is 2.50. The van der Waals surface area contributed by atoms with Crippen LogP contribution in [0.2, 0.25) is 0 Å². The zero-order chi connectivity index (χ0) is 14.8. The number of nitrogens with zero attached hydrogens (tertiary/aromatic N) is 1. The highest BCUT2D eigenvalue weighted by molar-refractivity contribution is 5.47. The van der Waals surface area contributed by atoms with Crippen LogP contribution in [0.25, 0.3) is 0 Å². The number of aliphatic hydroxyl groups excluding tert-OH is 1. The molecule has 4 nitrogen and oxygen atoms in total. The molecule has 0 saturated heterocycles. The summed E-state index contributed by atoms with van der Waals surface area (Å²) in [5.41, 5.74) is 4.59. The molecule has 1 heterocycles. The van der Waals surface area contributed by atoms with Gasteiger partial charge in [-0.1, -0.05) is 6.42 Å². The van der Waals surface area contributed by atoms with E-state index in [4.69, 9.17) is 5.73 Å².